The molecule has 6 heteroatoms. The van der Waals surface area contributed by atoms with Crippen molar-refractivity contribution in [3.8, 4) is 0 Å². The van der Waals surface area contributed by atoms with Gasteiger partial charge >= 0.3 is 0 Å². The molecular weight excluding hydrogens is 199 g/mol. The molecule has 4 nitrogen and oxygen atoms in total. The molecule has 0 saturated carbocycles. The quantitative estimate of drug-likeness (QED) is 0.505. The van der Waals surface area contributed by atoms with E-state index in [4.69, 9.17) is 0 Å². The van der Waals surface area contributed by atoms with Crippen LogP contribution in [0.25, 0.3) is 0 Å². The summed E-state index contributed by atoms with van der Waals surface area (Å²) in [7, 11) is 0. The van der Waals surface area contributed by atoms with Crippen molar-refractivity contribution in [2.45, 2.75) is 0 Å². The molecule has 0 amide bonds. The van der Waals surface area contributed by atoms with Crippen molar-refractivity contribution in [2.75, 3.05) is 0 Å². The van der Waals surface area contributed by atoms with Crippen LogP contribution in [0.15, 0.2) is 37.4 Å². The van der Waals surface area contributed by atoms with E-state index in [0.717, 1.165) is 0 Å². The Kier molecular flexibility index (Phi) is 4.39. The molecule has 0 saturated heterocycles. The van der Waals surface area contributed by atoms with Gasteiger partial charge in [0.2, 0.25) is 0 Å². The van der Waals surface area contributed by atoms with E-state index in [0.29, 0.717) is 0 Å². The number of nitrogens with one attached hydrogen (secondary N) is 1. The molecule has 0 aliphatic rings. The Morgan fingerprint density at radius 3 is 2.75 bits per heavy atom. The summed E-state index contributed by atoms with van der Waals surface area (Å²) in [5.41, 5.74) is 0. The van der Waals surface area contributed by atoms with Gasteiger partial charge in [-0.3, -0.25) is 0 Å². The van der Waals surface area contributed by atoms with Gasteiger partial charge in [0.05, 0.1) is 6.20 Å². The highest BCUT2D eigenvalue weighted by Crippen LogP contribution is 1.77. The third-order valence-corrected chi connectivity index (χ3v) is 1.29. The normalized spacial score (nSPS) is 8.33. The van der Waals surface area contributed by atoms with E-state index in [2.05, 4.69) is 9.97 Å². The van der Waals surface area contributed by atoms with Crippen LogP contribution in [-0.2, 0) is 0 Å². The Hall–Kier alpha value is -1.00. The number of hydrogen-bond acceptors (Lipinski definition) is 1. The molecule has 0 bridgehead atoms. The summed E-state index contributed by atoms with van der Waals surface area (Å²) in [6.07, 6.45) is 10.9. The number of hydrogen-bond donors (Lipinski definition) is 1. The van der Waals surface area contributed by atoms with E-state index >= 15 is 0 Å². The number of rotatable bonds is 1. The van der Waals surface area contributed by atoms with Crippen LogP contribution in [0.3, 0.4) is 0 Å². The molecule has 0 radical (unpaired) electrons. The molecule has 2 aromatic heterocycles. The summed E-state index contributed by atoms with van der Waals surface area (Å²) in [6, 6.07) is 0. The average Bonchev–Trinajstić information content (AvgIpc) is 2.59. The number of aromatic nitrogens is 4. The molecule has 0 spiro atoms. The van der Waals surface area contributed by atoms with E-state index in [1.807, 2.05) is 34.3 Å². The molecule has 2 aromatic rings. The molecule has 0 fully saturated rings. The van der Waals surface area contributed by atoms with Gasteiger partial charge in [-0.25, -0.2) is 9.97 Å². The molecule has 2 heterocycles. The minimum Gasteiger partial charge on any atom is -1.00 e. The van der Waals surface area contributed by atoms with Gasteiger partial charge in [0, 0.05) is 6.20 Å². The Morgan fingerprint density at radius 1 is 1.42 bits per heavy atom. The van der Waals surface area contributed by atoms with Gasteiger partial charge in [-0.2, -0.15) is 4.68 Å². The molecule has 0 aliphatic carbocycles. The standard InChI is InChI=1S/C6H6N4.2ClH/c1-3-9(5-7-1)10-4-2-8-6-10;;/h1-6H;2*1H. The van der Waals surface area contributed by atoms with Gasteiger partial charge < -0.3 is 12.4 Å². The van der Waals surface area contributed by atoms with Crippen LogP contribution >= 0.6 is 12.4 Å². The van der Waals surface area contributed by atoms with E-state index in [9.17, 15) is 0 Å². The predicted octanol–water partition coefficient (Wildman–Crippen LogP) is -2.76. The molecule has 0 unspecified atom stereocenters. The fourth-order valence-corrected chi connectivity index (χ4v) is 0.814. The lowest BCUT2D eigenvalue weighted by molar-refractivity contribution is -0.726. The zero-order valence-corrected chi connectivity index (χ0v) is 7.66. The van der Waals surface area contributed by atoms with Gasteiger partial charge in [0.15, 0.2) is 6.20 Å². The van der Waals surface area contributed by atoms with Crippen LogP contribution in [0.4, 0.5) is 0 Å². The first kappa shape index (κ1) is 11.0. The number of imidazole rings is 2. The van der Waals surface area contributed by atoms with Crippen LogP contribution in [0, 0.1) is 0 Å². The Morgan fingerprint density at radius 2 is 2.25 bits per heavy atom. The molecule has 2 rings (SSSR count). The van der Waals surface area contributed by atoms with Crippen molar-refractivity contribution >= 4 is 12.4 Å². The predicted molar refractivity (Wildman–Crippen MR) is 41.3 cm³/mol. The first-order valence-electron chi connectivity index (χ1n) is 2.99. The van der Waals surface area contributed by atoms with Gasteiger partial charge in [0.25, 0.3) is 6.33 Å². The Balaban J connectivity index is 0.000000605. The van der Waals surface area contributed by atoms with E-state index in [1.165, 1.54) is 0 Å². The van der Waals surface area contributed by atoms with Crippen molar-refractivity contribution < 1.29 is 17.1 Å². The summed E-state index contributed by atoms with van der Waals surface area (Å²) in [5, 5.41) is 0. The highest BCUT2D eigenvalue weighted by Gasteiger charge is 1.95. The molecule has 0 aromatic carbocycles. The van der Waals surface area contributed by atoms with Crippen LogP contribution < -0.4 is 17.1 Å². The molecular formula is C6H8Cl2N4. The SMILES string of the molecule is Cl.[Cl-].c1cn(-[n+]2cc[nH]c2)cn1. The smallest absolute Gasteiger partial charge is 0.265 e. The zero-order chi connectivity index (χ0) is 6.81. The van der Waals surface area contributed by atoms with Crippen LogP contribution in [0.1, 0.15) is 0 Å². The Labute approximate surface area is 82.0 Å². The van der Waals surface area contributed by atoms with Gasteiger partial charge in [0.1, 0.15) is 12.5 Å². The van der Waals surface area contributed by atoms with Crippen molar-refractivity contribution in [3.63, 3.8) is 0 Å². The third kappa shape index (κ3) is 1.99. The summed E-state index contributed by atoms with van der Waals surface area (Å²) in [4.78, 5) is 6.84. The highest BCUT2D eigenvalue weighted by molar-refractivity contribution is 5.85. The lowest BCUT2D eigenvalue weighted by Crippen LogP contribution is -3.00. The second-order valence-corrected chi connectivity index (χ2v) is 1.93. The second-order valence-electron chi connectivity index (χ2n) is 1.93. The van der Waals surface area contributed by atoms with Gasteiger partial charge in [-0.1, -0.05) is 0 Å². The minimum absolute atomic E-state index is 0. The number of nitrogens with zero attached hydrogens (tertiary/aromatic N) is 3. The number of halogens is 2. The van der Waals surface area contributed by atoms with Crippen molar-refractivity contribution in [1.29, 1.82) is 0 Å². The highest BCUT2D eigenvalue weighted by atomic mass is 35.5. The Bertz CT molecular complexity index is 257. The monoisotopic (exact) mass is 206 g/mol. The van der Waals surface area contributed by atoms with Crippen LogP contribution in [0.5, 0.6) is 0 Å². The van der Waals surface area contributed by atoms with Crippen LogP contribution in [-0.4, -0.2) is 14.6 Å². The molecule has 66 valence electrons. The summed E-state index contributed by atoms with van der Waals surface area (Å²) in [6.45, 7) is 0. The molecule has 0 aliphatic heterocycles. The zero-order valence-electron chi connectivity index (χ0n) is 6.09. The summed E-state index contributed by atoms with van der Waals surface area (Å²) in [5.74, 6) is 0. The maximum atomic E-state index is 3.91. The first-order chi connectivity index (χ1) is 4.97. The van der Waals surface area contributed by atoms with Crippen LogP contribution in [0.2, 0.25) is 0 Å². The fraction of sp³-hybridized carbons (Fsp3) is 0. The minimum atomic E-state index is 0. The number of H-pyrrole nitrogens is 1. The number of aromatic amines is 1. The van der Waals surface area contributed by atoms with E-state index in [-0.39, 0.29) is 24.8 Å². The van der Waals surface area contributed by atoms with E-state index in [1.54, 1.807) is 12.5 Å². The first-order valence-corrected chi connectivity index (χ1v) is 2.99. The summed E-state index contributed by atoms with van der Waals surface area (Å²) >= 11 is 0. The van der Waals surface area contributed by atoms with Gasteiger partial charge in [-0.05, 0) is 0 Å². The fourth-order valence-electron chi connectivity index (χ4n) is 0.814. The molecule has 0 atom stereocenters. The summed E-state index contributed by atoms with van der Waals surface area (Å²) < 4.78 is 3.74. The second kappa shape index (κ2) is 4.79. The lowest BCUT2D eigenvalue weighted by atomic mass is 10.9. The lowest BCUT2D eigenvalue weighted by Gasteiger charge is -1.89. The van der Waals surface area contributed by atoms with Crippen molar-refractivity contribution in [2.24, 2.45) is 0 Å². The maximum Gasteiger partial charge on any atom is 0.265 e. The molecule has 1 N–H and O–H groups in total. The van der Waals surface area contributed by atoms with E-state index < -0.39 is 0 Å². The van der Waals surface area contributed by atoms with Crippen molar-refractivity contribution in [1.82, 2.24) is 14.6 Å². The van der Waals surface area contributed by atoms with Crippen molar-refractivity contribution in [3.05, 3.63) is 37.4 Å². The topological polar surface area (TPSA) is 37.5 Å². The van der Waals surface area contributed by atoms with Gasteiger partial charge in [-0.15, -0.1) is 17.1 Å². The largest absolute Gasteiger partial charge is 1.00 e. The maximum absolute atomic E-state index is 3.91. The average molecular weight is 207 g/mol. The third-order valence-electron chi connectivity index (χ3n) is 1.29. The molecule has 12 heavy (non-hydrogen) atoms.